The molecule has 0 bridgehead atoms. The lowest BCUT2D eigenvalue weighted by atomic mass is 10.1. The van der Waals surface area contributed by atoms with Crippen LogP contribution in [0.15, 0.2) is 48.2 Å². The molecule has 1 aliphatic rings. The monoisotopic (exact) mass is 230 g/mol. The number of rotatable bonds is 4. The zero-order valence-corrected chi connectivity index (χ0v) is 10.2. The Balaban J connectivity index is 1.94. The summed E-state index contributed by atoms with van der Waals surface area (Å²) in [6.07, 6.45) is 7.31. The molecule has 17 heavy (non-hydrogen) atoms. The Hall–Kier alpha value is -1.90. The van der Waals surface area contributed by atoms with Crippen molar-refractivity contribution in [3.8, 4) is 5.75 Å². The van der Waals surface area contributed by atoms with E-state index >= 15 is 0 Å². The summed E-state index contributed by atoms with van der Waals surface area (Å²) in [6.45, 7) is 0. The molecule has 1 aliphatic carbocycles. The fourth-order valence-corrected chi connectivity index (χ4v) is 1.75. The molecule has 3 heteroatoms. The van der Waals surface area contributed by atoms with E-state index < -0.39 is 0 Å². The molecular formula is C14H18N2O. The quantitative estimate of drug-likeness (QED) is 0.834. The van der Waals surface area contributed by atoms with Gasteiger partial charge in [-0.25, -0.2) is 0 Å². The van der Waals surface area contributed by atoms with Gasteiger partial charge in [-0.1, -0.05) is 6.08 Å². The lowest BCUT2D eigenvalue weighted by Gasteiger charge is -2.18. The van der Waals surface area contributed by atoms with E-state index in [0.717, 1.165) is 23.6 Å². The first-order valence-electron chi connectivity index (χ1n) is 5.82. The van der Waals surface area contributed by atoms with E-state index in [-0.39, 0.29) is 6.10 Å². The molecule has 0 fully saturated rings. The standard InChI is InChI=1S/C14H18N2O/c1-15-11-3-7-13(8-4-11)17-14-9-5-12(16-2)6-10-14/h3-9,14-16H,10H2,1-2H3. The Morgan fingerprint density at radius 2 is 1.88 bits per heavy atom. The topological polar surface area (TPSA) is 33.3 Å². The number of allylic oxidation sites excluding steroid dienone is 1. The summed E-state index contributed by atoms with van der Waals surface area (Å²) < 4.78 is 5.86. The van der Waals surface area contributed by atoms with Gasteiger partial charge in [-0.2, -0.15) is 0 Å². The molecule has 1 aromatic carbocycles. The molecule has 1 aromatic rings. The average Bonchev–Trinajstić information content (AvgIpc) is 2.40. The highest BCUT2D eigenvalue weighted by Gasteiger charge is 2.09. The van der Waals surface area contributed by atoms with Gasteiger partial charge in [-0.3, -0.25) is 0 Å². The van der Waals surface area contributed by atoms with Crippen LogP contribution in [0.2, 0.25) is 0 Å². The van der Waals surface area contributed by atoms with Crippen LogP contribution in [-0.4, -0.2) is 20.2 Å². The van der Waals surface area contributed by atoms with E-state index in [1.165, 1.54) is 0 Å². The van der Waals surface area contributed by atoms with Crippen molar-refractivity contribution in [2.75, 3.05) is 19.4 Å². The lowest BCUT2D eigenvalue weighted by Crippen LogP contribution is -2.17. The molecule has 0 aliphatic heterocycles. The van der Waals surface area contributed by atoms with E-state index in [4.69, 9.17) is 4.74 Å². The van der Waals surface area contributed by atoms with Crippen molar-refractivity contribution >= 4 is 5.69 Å². The fourth-order valence-electron chi connectivity index (χ4n) is 1.75. The maximum absolute atomic E-state index is 5.86. The van der Waals surface area contributed by atoms with Gasteiger partial charge < -0.3 is 15.4 Å². The van der Waals surface area contributed by atoms with Crippen molar-refractivity contribution < 1.29 is 4.74 Å². The molecule has 1 unspecified atom stereocenters. The first kappa shape index (κ1) is 11.6. The van der Waals surface area contributed by atoms with Crippen LogP contribution in [0.5, 0.6) is 5.75 Å². The zero-order valence-electron chi connectivity index (χ0n) is 10.2. The highest BCUT2D eigenvalue weighted by Crippen LogP contribution is 2.19. The second-order valence-corrected chi connectivity index (χ2v) is 3.93. The van der Waals surface area contributed by atoms with Crippen molar-refractivity contribution in [2.24, 2.45) is 0 Å². The number of likely N-dealkylation sites (N-methyl/N-ethyl adjacent to an activating group) is 1. The van der Waals surface area contributed by atoms with Crippen LogP contribution in [0, 0.1) is 0 Å². The van der Waals surface area contributed by atoms with Gasteiger partial charge in [0.05, 0.1) is 0 Å². The van der Waals surface area contributed by atoms with Gasteiger partial charge in [0.2, 0.25) is 0 Å². The van der Waals surface area contributed by atoms with E-state index in [1.54, 1.807) is 0 Å². The Labute approximate surface area is 102 Å². The second-order valence-electron chi connectivity index (χ2n) is 3.93. The predicted molar refractivity (Wildman–Crippen MR) is 71.3 cm³/mol. The molecule has 0 spiro atoms. The van der Waals surface area contributed by atoms with Crippen LogP contribution < -0.4 is 15.4 Å². The summed E-state index contributed by atoms with van der Waals surface area (Å²) in [7, 11) is 3.83. The number of nitrogens with one attached hydrogen (secondary N) is 2. The largest absolute Gasteiger partial charge is 0.486 e. The minimum atomic E-state index is 0.132. The highest BCUT2D eigenvalue weighted by atomic mass is 16.5. The first-order chi connectivity index (χ1) is 8.31. The number of hydrogen-bond donors (Lipinski definition) is 2. The Bertz CT molecular complexity index is 420. The van der Waals surface area contributed by atoms with Gasteiger partial charge in [0.15, 0.2) is 0 Å². The number of ether oxygens (including phenoxy) is 1. The molecule has 0 amide bonds. The minimum absolute atomic E-state index is 0.132. The van der Waals surface area contributed by atoms with Gasteiger partial charge >= 0.3 is 0 Å². The summed E-state index contributed by atoms with van der Waals surface area (Å²) in [6, 6.07) is 7.99. The lowest BCUT2D eigenvalue weighted by molar-refractivity contribution is 0.251. The third-order valence-electron chi connectivity index (χ3n) is 2.78. The molecule has 0 radical (unpaired) electrons. The van der Waals surface area contributed by atoms with Crippen molar-refractivity contribution in [1.82, 2.24) is 5.32 Å². The number of anilines is 1. The molecule has 90 valence electrons. The Morgan fingerprint density at radius 1 is 1.12 bits per heavy atom. The predicted octanol–water partition coefficient (Wildman–Crippen LogP) is 2.54. The molecule has 2 N–H and O–H groups in total. The molecule has 2 rings (SSSR count). The molecule has 3 nitrogen and oxygen atoms in total. The molecule has 0 saturated carbocycles. The van der Waals surface area contributed by atoms with E-state index in [2.05, 4.69) is 28.9 Å². The summed E-state index contributed by atoms with van der Waals surface area (Å²) >= 11 is 0. The van der Waals surface area contributed by atoms with Gasteiger partial charge in [0, 0.05) is 31.9 Å². The minimum Gasteiger partial charge on any atom is -0.486 e. The van der Waals surface area contributed by atoms with Gasteiger partial charge in [0.25, 0.3) is 0 Å². The molecule has 0 heterocycles. The SMILES string of the molecule is CNC1=CCC(Oc2ccc(NC)cc2)C=C1. The smallest absolute Gasteiger partial charge is 0.121 e. The maximum Gasteiger partial charge on any atom is 0.121 e. The average molecular weight is 230 g/mol. The second kappa shape index (κ2) is 5.43. The highest BCUT2D eigenvalue weighted by molar-refractivity contribution is 5.45. The van der Waals surface area contributed by atoms with E-state index in [9.17, 15) is 0 Å². The van der Waals surface area contributed by atoms with Crippen LogP contribution in [0.25, 0.3) is 0 Å². The summed E-state index contributed by atoms with van der Waals surface area (Å²) in [5, 5.41) is 6.20. The molecular weight excluding hydrogens is 212 g/mol. The van der Waals surface area contributed by atoms with E-state index in [0.29, 0.717) is 0 Å². The van der Waals surface area contributed by atoms with Crippen molar-refractivity contribution in [1.29, 1.82) is 0 Å². The van der Waals surface area contributed by atoms with E-state index in [1.807, 2.05) is 38.4 Å². The normalized spacial score (nSPS) is 18.5. The van der Waals surface area contributed by atoms with Gasteiger partial charge in [-0.05, 0) is 36.4 Å². The third-order valence-corrected chi connectivity index (χ3v) is 2.78. The van der Waals surface area contributed by atoms with Crippen LogP contribution >= 0.6 is 0 Å². The number of hydrogen-bond acceptors (Lipinski definition) is 3. The third kappa shape index (κ3) is 3.03. The van der Waals surface area contributed by atoms with Gasteiger partial charge in [0.1, 0.15) is 11.9 Å². The van der Waals surface area contributed by atoms with Crippen molar-refractivity contribution in [3.63, 3.8) is 0 Å². The van der Waals surface area contributed by atoms with Crippen LogP contribution in [-0.2, 0) is 0 Å². The summed E-state index contributed by atoms with van der Waals surface area (Å²) in [5.74, 6) is 0.903. The van der Waals surface area contributed by atoms with Crippen molar-refractivity contribution in [3.05, 3.63) is 48.2 Å². The summed E-state index contributed by atoms with van der Waals surface area (Å²) in [5.41, 5.74) is 2.24. The molecule has 0 aromatic heterocycles. The molecule has 1 atom stereocenters. The molecule has 0 saturated heterocycles. The fraction of sp³-hybridized carbons (Fsp3) is 0.286. The zero-order chi connectivity index (χ0) is 12.1. The Morgan fingerprint density at radius 3 is 2.41 bits per heavy atom. The van der Waals surface area contributed by atoms with Crippen LogP contribution in [0.4, 0.5) is 5.69 Å². The Kier molecular flexibility index (Phi) is 3.70. The van der Waals surface area contributed by atoms with Crippen LogP contribution in [0.1, 0.15) is 6.42 Å². The first-order valence-corrected chi connectivity index (χ1v) is 5.82. The van der Waals surface area contributed by atoms with Crippen LogP contribution in [0.3, 0.4) is 0 Å². The van der Waals surface area contributed by atoms with Crippen molar-refractivity contribution in [2.45, 2.75) is 12.5 Å². The maximum atomic E-state index is 5.86. The number of benzene rings is 1. The summed E-state index contributed by atoms with van der Waals surface area (Å²) in [4.78, 5) is 0. The van der Waals surface area contributed by atoms with Gasteiger partial charge in [-0.15, -0.1) is 0 Å².